The fraction of sp³-hybridized carbons (Fsp3) is 0.562. The van der Waals surface area contributed by atoms with Crippen molar-refractivity contribution in [3.8, 4) is 5.75 Å². The Morgan fingerprint density at radius 3 is 2.42 bits per heavy atom. The summed E-state index contributed by atoms with van der Waals surface area (Å²) in [4.78, 5) is 11.7. The lowest BCUT2D eigenvalue weighted by molar-refractivity contribution is -0.117. The second-order valence-corrected chi connectivity index (χ2v) is 6.81. The van der Waals surface area contributed by atoms with Crippen molar-refractivity contribution >= 4 is 21.7 Å². The Labute approximate surface area is 143 Å². The normalized spacial score (nSPS) is 11.2. The van der Waals surface area contributed by atoms with Gasteiger partial charge in [0.05, 0.1) is 19.3 Å². The van der Waals surface area contributed by atoms with Crippen molar-refractivity contribution in [2.45, 2.75) is 26.2 Å². The van der Waals surface area contributed by atoms with E-state index in [9.17, 15) is 13.2 Å². The second-order valence-electron chi connectivity index (χ2n) is 5.16. The molecule has 1 aromatic rings. The van der Waals surface area contributed by atoms with Crippen LogP contribution < -0.4 is 10.1 Å². The Morgan fingerprint density at radius 2 is 1.79 bits per heavy atom. The van der Waals surface area contributed by atoms with Crippen LogP contribution in [0.3, 0.4) is 0 Å². The highest BCUT2D eigenvalue weighted by Gasteiger charge is 2.04. The van der Waals surface area contributed by atoms with Crippen molar-refractivity contribution < 1.29 is 26.9 Å². The monoisotopic (exact) mass is 359 g/mol. The Balaban J connectivity index is 2.25. The molecule has 0 heterocycles. The van der Waals surface area contributed by atoms with E-state index in [0.29, 0.717) is 31.1 Å². The Kier molecular flexibility index (Phi) is 9.36. The number of anilines is 1. The summed E-state index contributed by atoms with van der Waals surface area (Å²) in [6, 6.07) is 6.80. The van der Waals surface area contributed by atoms with Crippen molar-refractivity contribution in [2.24, 2.45) is 0 Å². The lowest BCUT2D eigenvalue weighted by atomic mass is 10.3. The molecule has 0 spiro atoms. The van der Waals surface area contributed by atoms with Gasteiger partial charge in [0.25, 0.3) is 10.1 Å². The maximum absolute atomic E-state index is 11.7. The van der Waals surface area contributed by atoms with Crippen molar-refractivity contribution in [3.63, 3.8) is 0 Å². The molecule has 1 aromatic carbocycles. The van der Waals surface area contributed by atoms with E-state index in [-0.39, 0.29) is 19.1 Å². The molecule has 0 aromatic heterocycles. The number of unbranched alkanes of at least 4 members (excludes halogenated alkanes) is 1. The third-order valence-corrected chi connectivity index (χ3v) is 3.50. The molecule has 0 saturated heterocycles. The number of nitrogens with one attached hydrogen (secondary N) is 1. The fourth-order valence-corrected chi connectivity index (χ4v) is 2.09. The average Bonchev–Trinajstić information content (AvgIpc) is 2.52. The van der Waals surface area contributed by atoms with Crippen LogP contribution in [0.5, 0.6) is 5.75 Å². The molecule has 8 heteroatoms. The molecular formula is C16H25NO6S. The molecule has 0 bridgehead atoms. The third-order valence-electron chi connectivity index (χ3n) is 2.90. The van der Waals surface area contributed by atoms with Crippen LogP contribution in [0.15, 0.2) is 24.3 Å². The highest BCUT2D eigenvalue weighted by Crippen LogP contribution is 2.15. The molecule has 0 fully saturated rings. The number of ether oxygens (including phenoxy) is 2. The summed E-state index contributed by atoms with van der Waals surface area (Å²) in [6.07, 6.45) is 3.36. The SMILES string of the molecule is CCCCOCCC(=O)Nc1ccc(OCCOS(C)(=O)=O)cc1. The zero-order chi connectivity index (χ0) is 17.8. The number of amides is 1. The van der Waals surface area contributed by atoms with Crippen LogP contribution in [-0.4, -0.2) is 47.0 Å². The van der Waals surface area contributed by atoms with E-state index < -0.39 is 10.1 Å². The highest BCUT2D eigenvalue weighted by atomic mass is 32.2. The van der Waals surface area contributed by atoms with Gasteiger partial charge in [0.1, 0.15) is 19.0 Å². The van der Waals surface area contributed by atoms with E-state index >= 15 is 0 Å². The molecule has 24 heavy (non-hydrogen) atoms. The fourth-order valence-electron chi connectivity index (χ4n) is 1.72. The van der Waals surface area contributed by atoms with Crippen molar-refractivity contribution in [1.29, 1.82) is 0 Å². The van der Waals surface area contributed by atoms with Gasteiger partial charge in [0.15, 0.2) is 0 Å². The smallest absolute Gasteiger partial charge is 0.264 e. The van der Waals surface area contributed by atoms with Crippen LogP contribution in [0.2, 0.25) is 0 Å². The van der Waals surface area contributed by atoms with E-state index in [4.69, 9.17) is 9.47 Å². The van der Waals surface area contributed by atoms with Gasteiger partial charge >= 0.3 is 0 Å². The van der Waals surface area contributed by atoms with Crippen LogP contribution in [0.25, 0.3) is 0 Å². The molecule has 0 saturated carbocycles. The van der Waals surface area contributed by atoms with Gasteiger partial charge in [-0.2, -0.15) is 8.42 Å². The molecule has 0 radical (unpaired) electrons. The molecule has 1 amide bonds. The minimum Gasteiger partial charge on any atom is -0.491 e. The number of carbonyl (C=O) groups is 1. The maximum Gasteiger partial charge on any atom is 0.264 e. The topological polar surface area (TPSA) is 90.9 Å². The minimum atomic E-state index is -3.45. The van der Waals surface area contributed by atoms with E-state index in [1.54, 1.807) is 24.3 Å². The minimum absolute atomic E-state index is 0.0463. The lowest BCUT2D eigenvalue weighted by Gasteiger charge is -2.08. The first kappa shape index (κ1) is 20.4. The summed E-state index contributed by atoms with van der Waals surface area (Å²) in [5.74, 6) is 0.453. The largest absolute Gasteiger partial charge is 0.491 e. The molecule has 1 rings (SSSR count). The van der Waals surface area contributed by atoms with Gasteiger partial charge in [-0.3, -0.25) is 8.98 Å². The average molecular weight is 359 g/mol. The first-order valence-electron chi connectivity index (χ1n) is 7.85. The summed E-state index contributed by atoms with van der Waals surface area (Å²) in [5, 5.41) is 2.77. The van der Waals surface area contributed by atoms with E-state index in [1.807, 2.05) is 0 Å². The first-order valence-corrected chi connectivity index (χ1v) is 9.67. The number of benzene rings is 1. The summed E-state index contributed by atoms with van der Waals surface area (Å²) in [5.41, 5.74) is 0.660. The molecular weight excluding hydrogens is 334 g/mol. The zero-order valence-electron chi connectivity index (χ0n) is 14.1. The number of carbonyl (C=O) groups excluding carboxylic acids is 1. The number of rotatable bonds is 12. The van der Waals surface area contributed by atoms with Crippen LogP contribution in [0.1, 0.15) is 26.2 Å². The van der Waals surface area contributed by atoms with Gasteiger partial charge in [-0.05, 0) is 30.7 Å². The quantitative estimate of drug-likeness (QED) is 0.454. The molecule has 0 aliphatic rings. The number of hydrogen-bond acceptors (Lipinski definition) is 6. The molecule has 0 atom stereocenters. The van der Waals surface area contributed by atoms with E-state index in [0.717, 1.165) is 19.1 Å². The van der Waals surface area contributed by atoms with Crippen LogP contribution in [-0.2, 0) is 23.8 Å². The summed E-state index contributed by atoms with van der Waals surface area (Å²) < 4.78 is 36.8. The predicted molar refractivity (Wildman–Crippen MR) is 91.7 cm³/mol. The van der Waals surface area contributed by atoms with Crippen LogP contribution in [0, 0.1) is 0 Å². The molecule has 0 aliphatic carbocycles. The van der Waals surface area contributed by atoms with E-state index in [2.05, 4.69) is 16.4 Å². The maximum atomic E-state index is 11.7. The Hall–Kier alpha value is -1.64. The predicted octanol–water partition coefficient (Wildman–Crippen LogP) is 2.19. The van der Waals surface area contributed by atoms with E-state index in [1.165, 1.54) is 0 Å². The molecule has 1 N–H and O–H groups in total. The summed E-state index contributed by atoms with van der Waals surface area (Å²) >= 11 is 0. The van der Waals surface area contributed by atoms with Crippen molar-refractivity contribution in [3.05, 3.63) is 24.3 Å². The van der Waals surface area contributed by atoms with Gasteiger partial charge in [-0.25, -0.2) is 0 Å². The van der Waals surface area contributed by atoms with Gasteiger partial charge in [0, 0.05) is 12.3 Å². The second kappa shape index (κ2) is 11.0. The molecule has 7 nitrogen and oxygen atoms in total. The van der Waals surface area contributed by atoms with Crippen LogP contribution >= 0.6 is 0 Å². The zero-order valence-corrected chi connectivity index (χ0v) is 14.9. The Bertz CT molecular complexity index is 585. The molecule has 0 unspecified atom stereocenters. The summed E-state index contributed by atoms with van der Waals surface area (Å²) in [6.45, 7) is 3.25. The van der Waals surface area contributed by atoms with Crippen LogP contribution in [0.4, 0.5) is 5.69 Å². The Morgan fingerprint density at radius 1 is 1.08 bits per heavy atom. The van der Waals surface area contributed by atoms with Crippen molar-refractivity contribution in [2.75, 3.05) is 38.0 Å². The van der Waals surface area contributed by atoms with Gasteiger partial charge in [-0.15, -0.1) is 0 Å². The third kappa shape index (κ3) is 10.2. The highest BCUT2D eigenvalue weighted by molar-refractivity contribution is 7.85. The number of hydrogen-bond donors (Lipinski definition) is 1. The molecule has 0 aliphatic heterocycles. The standard InChI is InChI=1S/C16H25NO6S/c1-3-4-10-21-11-9-16(18)17-14-5-7-15(8-6-14)22-12-13-23-24(2,19)20/h5-8H,3-4,9-13H2,1-2H3,(H,17,18). The van der Waals surface area contributed by atoms with Gasteiger partial charge in [0.2, 0.25) is 5.91 Å². The van der Waals surface area contributed by atoms with Gasteiger partial charge in [-0.1, -0.05) is 13.3 Å². The van der Waals surface area contributed by atoms with Gasteiger partial charge < -0.3 is 14.8 Å². The lowest BCUT2D eigenvalue weighted by Crippen LogP contribution is -2.14. The van der Waals surface area contributed by atoms with Crippen molar-refractivity contribution in [1.82, 2.24) is 0 Å². The first-order chi connectivity index (χ1) is 11.4. The molecule has 136 valence electrons. The summed E-state index contributed by atoms with van der Waals surface area (Å²) in [7, 11) is -3.45.